The van der Waals surface area contributed by atoms with Crippen molar-refractivity contribution in [3.8, 4) is 0 Å². The van der Waals surface area contributed by atoms with Crippen molar-refractivity contribution in [2.75, 3.05) is 4.90 Å². The van der Waals surface area contributed by atoms with Crippen LogP contribution in [-0.2, 0) is 12.8 Å². The van der Waals surface area contributed by atoms with Crippen molar-refractivity contribution < 1.29 is 0 Å². The van der Waals surface area contributed by atoms with Crippen LogP contribution < -0.4 is 4.90 Å². The molecule has 1 nitrogen and oxygen atoms in total. The second-order valence-corrected chi connectivity index (χ2v) is 10.1. The minimum atomic E-state index is 0.989. The monoisotopic (exact) mass is 519 g/mol. The van der Waals surface area contributed by atoms with Gasteiger partial charge in [0.2, 0.25) is 0 Å². The highest BCUT2D eigenvalue weighted by atomic mass is 79.9. The SMILES string of the molecule is CC1=Cc2c(Br)ccc(N(c3ccc(C)cc3)c3ccc(Br)c4c3CC(C)=C4)c2C1. The Kier molecular flexibility index (Phi) is 4.99. The lowest BCUT2D eigenvalue weighted by Gasteiger charge is -2.30. The third kappa shape index (κ3) is 3.29. The maximum Gasteiger partial charge on any atom is 0.0503 e. The zero-order valence-electron chi connectivity index (χ0n) is 17.4. The first-order chi connectivity index (χ1) is 14.4. The summed E-state index contributed by atoms with van der Waals surface area (Å²) in [6.07, 6.45) is 6.60. The van der Waals surface area contributed by atoms with Crippen LogP contribution in [0.25, 0.3) is 12.2 Å². The molecule has 0 atom stereocenters. The number of halogens is 2. The third-order valence-electron chi connectivity index (χ3n) is 6.02. The van der Waals surface area contributed by atoms with Gasteiger partial charge in [-0.15, -0.1) is 0 Å². The highest BCUT2D eigenvalue weighted by molar-refractivity contribution is 9.10. The van der Waals surface area contributed by atoms with Crippen molar-refractivity contribution in [2.45, 2.75) is 33.6 Å². The van der Waals surface area contributed by atoms with Gasteiger partial charge in [-0.2, -0.15) is 0 Å². The highest BCUT2D eigenvalue weighted by Gasteiger charge is 2.26. The number of hydrogen-bond acceptors (Lipinski definition) is 1. The van der Waals surface area contributed by atoms with Crippen LogP contribution in [0.1, 0.15) is 41.7 Å². The normalized spacial score (nSPS) is 14.3. The topological polar surface area (TPSA) is 3.24 Å². The molecule has 2 aliphatic carbocycles. The van der Waals surface area contributed by atoms with E-state index in [1.807, 2.05) is 0 Å². The molecule has 0 N–H and O–H groups in total. The van der Waals surface area contributed by atoms with Gasteiger partial charge in [-0.3, -0.25) is 0 Å². The molecular formula is C27H23Br2N. The first kappa shape index (κ1) is 19.8. The number of allylic oxidation sites excluding steroid dienone is 2. The van der Waals surface area contributed by atoms with Gasteiger partial charge in [0, 0.05) is 14.6 Å². The van der Waals surface area contributed by atoms with Gasteiger partial charge in [-0.25, -0.2) is 0 Å². The Labute approximate surface area is 195 Å². The van der Waals surface area contributed by atoms with E-state index in [4.69, 9.17) is 0 Å². The highest BCUT2D eigenvalue weighted by Crippen LogP contribution is 2.47. The Bertz CT molecular complexity index is 1160. The van der Waals surface area contributed by atoms with Gasteiger partial charge in [0.05, 0.1) is 11.4 Å². The van der Waals surface area contributed by atoms with Gasteiger partial charge in [-0.05, 0) is 92.3 Å². The Morgan fingerprint density at radius 2 is 1.10 bits per heavy atom. The van der Waals surface area contributed by atoms with Crippen LogP contribution in [0.3, 0.4) is 0 Å². The van der Waals surface area contributed by atoms with Gasteiger partial charge >= 0.3 is 0 Å². The summed E-state index contributed by atoms with van der Waals surface area (Å²) < 4.78 is 2.33. The van der Waals surface area contributed by atoms with Gasteiger partial charge in [0.1, 0.15) is 0 Å². The molecule has 0 spiro atoms. The Hall–Kier alpha value is -2.10. The third-order valence-corrected chi connectivity index (χ3v) is 7.41. The predicted octanol–water partition coefficient (Wildman–Crippen LogP) is 8.91. The minimum absolute atomic E-state index is 0.989. The molecule has 3 aromatic carbocycles. The summed E-state index contributed by atoms with van der Waals surface area (Å²) in [5.74, 6) is 0. The number of hydrogen-bond donors (Lipinski definition) is 0. The fourth-order valence-corrected chi connectivity index (χ4v) is 5.58. The summed E-state index contributed by atoms with van der Waals surface area (Å²) in [6.45, 7) is 6.58. The fourth-order valence-electron chi connectivity index (χ4n) is 4.61. The number of nitrogens with zero attached hydrogens (tertiary/aromatic N) is 1. The molecule has 0 fully saturated rings. The van der Waals surface area contributed by atoms with Crippen molar-refractivity contribution in [1.82, 2.24) is 0 Å². The van der Waals surface area contributed by atoms with Crippen molar-refractivity contribution in [2.24, 2.45) is 0 Å². The van der Waals surface area contributed by atoms with E-state index >= 15 is 0 Å². The van der Waals surface area contributed by atoms with Crippen molar-refractivity contribution >= 4 is 61.1 Å². The molecule has 0 amide bonds. The van der Waals surface area contributed by atoms with Gasteiger partial charge in [0.25, 0.3) is 0 Å². The van der Waals surface area contributed by atoms with Crippen LogP contribution in [-0.4, -0.2) is 0 Å². The van der Waals surface area contributed by atoms with Gasteiger partial charge < -0.3 is 4.90 Å². The van der Waals surface area contributed by atoms with Crippen molar-refractivity contribution in [3.05, 3.63) is 96.4 Å². The first-order valence-corrected chi connectivity index (χ1v) is 11.8. The number of benzene rings is 3. The zero-order chi connectivity index (χ0) is 21.0. The van der Waals surface area contributed by atoms with Crippen LogP contribution in [0.4, 0.5) is 17.1 Å². The first-order valence-electron chi connectivity index (χ1n) is 10.3. The quantitative estimate of drug-likeness (QED) is 0.333. The van der Waals surface area contributed by atoms with E-state index < -0.39 is 0 Å². The summed E-state index contributed by atoms with van der Waals surface area (Å²) in [7, 11) is 0. The summed E-state index contributed by atoms with van der Waals surface area (Å²) in [6, 6.07) is 17.8. The van der Waals surface area contributed by atoms with Crippen molar-refractivity contribution in [1.29, 1.82) is 0 Å². The second kappa shape index (κ2) is 7.55. The van der Waals surface area contributed by atoms with E-state index in [0.29, 0.717) is 0 Å². The molecule has 0 unspecified atom stereocenters. The average Bonchev–Trinajstić information content (AvgIpc) is 3.30. The molecule has 0 heterocycles. The lowest BCUT2D eigenvalue weighted by atomic mass is 10.0. The number of aryl methyl sites for hydroxylation is 1. The fraction of sp³-hybridized carbons (Fsp3) is 0.185. The Morgan fingerprint density at radius 1 is 0.633 bits per heavy atom. The summed E-state index contributed by atoms with van der Waals surface area (Å²) in [5, 5.41) is 0. The van der Waals surface area contributed by atoms with Crippen molar-refractivity contribution in [3.63, 3.8) is 0 Å². The van der Waals surface area contributed by atoms with E-state index in [-0.39, 0.29) is 0 Å². The zero-order valence-corrected chi connectivity index (χ0v) is 20.6. The summed E-state index contributed by atoms with van der Waals surface area (Å²) in [5.41, 5.74) is 13.2. The number of rotatable bonds is 3. The average molecular weight is 521 g/mol. The summed E-state index contributed by atoms with van der Waals surface area (Å²) >= 11 is 7.54. The van der Waals surface area contributed by atoms with Crippen LogP contribution in [0.2, 0.25) is 0 Å². The molecule has 0 saturated carbocycles. The molecule has 0 bridgehead atoms. The molecule has 0 aromatic heterocycles. The maximum absolute atomic E-state index is 3.77. The molecule has 150 valence electrons. The summed E-state index contributed by atoms with van der Waals surface area (Å²) in [4.78, 5) is 2.45. The molecule has 3 aromatic rings. The van der Waals surface area contributed by atoms with E-state index in [2.05, 4.69) is 118 Å². The van der Waals surface area contributed by atoms with Gasteiger partial charge in [0.15, 0.2) is 0 Å². The molecule has 5 rings (SSSR count). The van der Waals surface area contributed by atoms with E-state index in [1.165, 1.54) is 65.0 Å². The number of fused-ring (bicyclic) bond motifs is 2. The van der Waals surface area contributed by atoms with Crippen LogP contribution in [0.15, 0.2) is 68.6 Å². The predicted molar refractivity (Wildman–Crippen MR) is 136 cm³/mol. The van der Waals surface area contributed by atoms with E-state index in [0.717, 1.165) is 12.8 Å². The molecular weight excluding hydrogens is 498 g/mol. The minimum Gasteiger partial charge on any atom is -0.310 e. The van der Waals surface area contributed by atoms with Crippen LogP contribution >= 0.6 is 31.9 Å². The molecule has 3 heteroatoms. The van der Waals surface area contributed by atoms with E-state index in [9.17, 15) is 0 Å². The molecule has 0 saturated heterocycles. The van der Waals surface area contributed by atoms with Crippen LogP contribution in [0, 0.1) is 6.92 Å². The molecule has 0 radical (unpaired) electrons. The largest absolute Gasteiger partial charge is 0.310 e. The maximum atomic E-state index is 3.77. The molecule has 30 heavy (non-hydrogen) atoms. The molecule has 2 aliphatic rings. The lowest BCUT2D eigenvalue weighted by molar-refractivity contribution is 1.12. The van der Waals surface area contributed by atoms with Gasteiger partial charge in [-0.1, -0.05) is 72.9 Å². The smallest absolute Gasteiger partial charge is 0.0503 e. The molecule has 0 aliphatic heterocycles. The standard InChI is InChI=1S/C27H23Br2N/c1-16-4-6-19(7-5-16)30(26-10-8-24(28)20-12-17(2)14-22(20)26)27-11-9-25(29)21-13-18(3)15-23(21)27/h4-13H,14-15H2,1-3H3. The van der Waals surface area contributed by atoms with E-state index in [1.54, 1.807) is 0 Å². The second-order valence-electron chi connectivity index (χ2n) is 8.42. The van der Waals surface area contributed by atoms with Crippen LogP contribution in [0.5, 0.6) is 0 Å². The Morgan fingerprint density at radius 3 is 1.57 bits per heavy atom. The lowest BCUT2D eigenvalue weighted by Crippen LogP contribution is -2.15. The Balaban J connectivity index is 1.76. The number of anilines is 3.